The molecule has 0 aromatic heterocycles. The van der Waals surface area contributed by atoms with Gasteiger partial charge in [-0.3, -0.25) is 0 Å². The smallest absolute Gasteiger partial charge is 0.0245 e. The molecule has 1 heteroatoms. The highest BCUT2D eigenvalue weighted by Crippen LogP contribution is 2.47. The molecular formula is C12H11I. The van der Waals surface area contributed by atoms with Gasteiger partial charge in [-0.2, -0.15) is 0 Å². The number of halogens is 1. The Kier molecular flexibility index (Phi) is 2.54. The molecule has 0 saturated heterocycles. The summed E-state index contributed by atoms with van der Waals surface area (Å²) >= 11 is 2.27. The van der Waals surface area contributed by atoms with E-state index in [-0.39, 0.29) is 0 Å². The lowest BCUT2D eigenvalue weighted by molar-refractivity contribution is 1.18. The lowest BCUT2D eigenvalue weighted by Crippen LogP contribution is -1.76. The van der Waals surface area contributed by atoms with Crippen LogP contribution in [-0.4, -0.2) is 0 Å². The zero-order valence-corrected chi connectivity index (χ0v) is 9.65. The fourth-order valence-electron chi connectivity index (χ4n) is 1.69. The molecule has 0 heterocycles. The zero-order valence-electron chi connectivity index (χ0n) is 7.50. The highest BCUT2D eigenvalue weighted by atomic mass is 127. The van der Waals surface area contributed by atoms with Gasteiger partial charge in [0.05, 0.1) is 0 Å². The van der Waals surface area contributed by atoms with E-state index in [2.05, 4.69) is 70.0 Å². The lowest BCUT2D eigenvalue weighted by atomic mass is 10.1. The van der Waals surface area contributed by atoms with Crippen LogP contribution in [0.5, 0.6) is 0 Å². The molecule has 0 aliphatic heterocycles. The molecule has 1 aliphatic rings. The van der Waals surface area contributed by atoms with Crippen LogP contribution in [0.2, 0.25) is 0 Å². The molecule has 2 rings (SSSR count). The van der Waals surface area contributed by atoms with Crippen molar-refractivity contribution in [2.24, 2.45) is 5.92 Å². The molecular weight excluding hydrogens is 271 g/mol. The minimum Gasteiger partial charge on any atom is -0.0669 e. The van der Waals surface area contributed by atoms with Crippen molar-refractivity contribution in [3.05, 3.63) is 51.6 Å². The van der Waals surface area contributed by atoms with Crippen LogP contribution in [0.4, 0.5) is 0 Å². The van der Waals surface area contributed by atoms with Gasteiger partial charge in [-0.05, 0) is 22.1 Å². The number of hydrogen-bond acceptors (Lipinski definition) is 0. The van der Waals surface area contributed by atoms with Crippen molar-refractivity contribution in [1.82, 2.24) is 0 Å². The Morgan fingerprint density at radius 3 is 2.54 bits per heavy atom. The monoisotopic (exact) mass is 282 g/mol. The van der Waals surface area contributed by atoms with Gasteiger partial charge in [-0.25, -0.2) is 0 Å². The normalized spacial score (nSPS) is 21.2. The minimum absolute atomic E-state index is 0.610. The molecule has 1 aromatic rings. The molecule has 0 N–H and O–H groups in total. The zero-order chi connectivity index (χ0) is 9.26. The van der Waals surface area contributed by atoms with Crippen molar-refractivity contribution >= 4 is 28.2 Å². The average Bonchev–Trinajstić information content (AvgIpc) is 2.79. The van der Waals surface area contributed by atoms with Crippen LogP contribution >= 0.6 is 22.6 Å². The van der Waals surface area contributed by atoms with Gasteiger partial charge in [0, 0.05) is 5.92 Å². The van der Waals surface area contributed by atoms with Gasteiger partial charge in [0.25, 0.3) is 0 Å². The third kappa shape index (κ3) is 1.70. The third-order valence-electron chi connectivity index (χ3n) is 2.47. The summed E-state index contributed by atoms with van der Waals surface area (Å²) in [5, 5.41) is 0. The lowest BCUT2D eigenvalue weighted by Gasteiger charge is -1.93. The Morgan fingerprint density at radius 1 is 1.23 bits per heavy atom. The van der Waals surface area contributed by atoms with Crippen molar-refractivity contribution in [2.45, 2.75) is 6.92 Å². The second kappa shape index (κ2) is 3.66. The molecule has 0 nitrogen and oxygen atoms in total. The number of allylic oxidation sites excluding steroid dienone is 3. The average molecular weight is 282 g/mol. The summed E-state index contributed by atoms with van der Waals surface area (Å²) in [6.07, 6.45) is 2.25. The molecule has 1 aliphatic carbocycles. The maximum Gasteiger partial charge on any atom is 0.0245 e. The highest BCUT2D eigenvalue weighted by molar-refractivity contribution is 14.1. The van der Waals surface area contributed by atoms with Crippen molar-refractivity contribution < 1.29 is 0 Å². The van der Waals surface area contributed by atoms with E-state index in [1.54, 1.807) is 0 Å². The summed E-state index contributed by atoms with van der Waals surface area (Å²) in [5.74, 6) is 0.610. The van der Waals surface area contributed by atoms with Gasteiger partial charge in [-0.1, -0.05) is 64.6 Å². The van der Waals surface area contributed by atoms with E-state index in [0.29, 0.717) is 5.92 Å². The van der Waals surface area contributed by atoms with Gasteiger partial charge < -0.3 is 0 Å². The van der Waals surface area contributed by atoms with E-state index in [9.17, 15) is 0 Å². The predicted octanol–water partition coefficient (Wildman–Crippen LogP) is 4.04. The van der Waals surface area contributed by atoms with E-state index in [1.807, 2.05) is 0 Å². The van der Waals surface area contributed by atoms with E-state index >= 15 is 0 Å². The Hall–Kier alpha value is -0.570. The van der Waals surface area contributed by atoms with Gasteiger partial charge in [-0.15, -0.1) is 0 Å². The molecule has 13 heavy (non-hydrogen) atoms. The summed E-state index contributed by atoms with van der Waals surface area (Å²) < 4.78 is 2.10. The fraction of sp³-hybridized carbons (Fsp3) is 0.167. The highest BCUT2D eigenvalue weighted by Gasteiger charge is 2.30. The first kappa shape index (κ1) is 9.00. The number of hydrogen-bond donors (Lipinski definition) is 0. The topological polar surface area (TPSA) is 0 Å². The maximum absolute atomic E-state index is 2.27. The van der Waals surface area contributed by atoms with Crippen LogP contribution in [0.1, 0.15) is 12.5 Å². The molecule has 0 saturated carbocycles. The number of benzene rings is 1. The Labute approximate surface area is 92.5 Å². The van der Waals surface area contributed by atoms with E-state index in [0.717, 1.165) is 0 Å². The van der Waals surface area contributed by atoms with Crippen molar-refractivity contribution in [1.29, 1.82) is 0 Å². The van der Waals surface area contributed by atoms with E-state index in [4.69, 9.17) is 0 Å². The molecule has 1 aromatic carbocycles. The van der Waals surface area contributed by atoms with Gasteiger partial charge in [0.15, 0.2) is 0 Å². The standard InChI is InChI=1S/C12H11I/c1-9-11(7-8-13)12(9)10-5-3-2-4-6-10/h2-8,11H,1H3/b8-7-. The molecule has 0 fully saturated rings. The van der Waals surface area contributed by atoms with Crippen LogP contribution in [-0.2, 0) is 0 Å². The molecule has 1 unspecified atom stereocenters. The molecule has 0 bridgehead atoms. The Bertz CT molecular complexity index is 360. The maximum atomic E-state index is 2.27. The molecule has 0 amide bonds. The predicted molar refractivity (Wildman–Crippen MR) is 65.7 cm³/mol. The molecule has 66 valence electrons. The summed E-state index contributed by atoms with van der Waals surface area (Å²) in [7, 11) is 0. The van der Waals surface area contributed by atoms with Crippen LogP contribution in [0.25, 0.3) is 5.57 Å². The first-order valence-corrected chi connectivity index (χ1v) is 5.62. The van der Waals surface area contributed by atoms with Gasteiger partial charge in [0.1, 0.15) is 0 Å². The first-order chi connectivity index (χ1) is 6.34. The van der Waals surface area contributed by atoms with Gasteiger partial charge >= 0.3 is 0 Å². The van der Waals surface area contributed by atoms with Crippen molar-refractivity contribution in [3.8, 4) is 0 Å². The second-order valence-electron chi connectivity index (χ2n) is 3.26. The number of rotatable bonds is 2. The summed E-state index contributed by atoms with van der Waals surface area (Å²) in [5.41, 5.74) is 4.40. The SMILES string of the molecule is CC1=C(c2ccccc2)C1/C=C\I. The minimum atomic E-state index is 0.610. The Morgan fingerprint density at radius 2 is 1.92 bits per heavy atom. The molecule has 1 atom stereocenters. The third-order valence-corrected chi connectivity index (χ3v) is 2.88. The van der Waals surface area contributed by atoms with Gasteiger partial charge in [0.2, 0.25) is 0 Å². The quantitative estimate of drug-likeness (QED) is 0.718. The Balaban J connectivity index is 2.22. The van der Waals surface area contributed by atoms with E-state index in [1.165, 1.54) is 16.7 Å². The first-order valence-electron chi connectivity index (χ1n) is 4.37. The van der Waals surface area contributed by atoms with Crippen molar-refractivity contribution in [2.75, 3.05) is 0 Å². The largest absolute Gasteiger partial charge is 0.0669 e. The molecule has 0 radical (unpaired) electrons. The van der Waals surface area contributed by atoms with Crippen molar-refractivity contribution in [3.63, 3.8) is 0 Å². The van der Waals surface area contributed by atoms with Crippen LogP contribution < -0.4 is 0 Å². The van der Waals surface area contributed by atoms with Crippen LogP contribution in [0, 0.1) is 5.92 Å². The molecule has 0 spiro atoms. The fourth-order valence-corrected chi connectivity index (χ4v) is 2.11. The summed E-state index contributed by atoms with van der Waals surface area (Å²) in [6.45, 7) is 2.21. The second-order valence-corrected chi connectivity index (χ2v) is 3.98. The van der Waals surface area contributed by atoms with Crippen LogP contribution in [0.15, 0.2) is 46.1 Å². The summed E-state index contributed by atoms with van der Waals surface area (Å²) in [4.78, 5) is 0. The van der Waals surface area contributed by atoms with E-state index < -0.39 is 0 Å². The van der Waals surface area contributed by atoms with Crippen LogP contribution in [0.3, 0.4) is 0 Å². The summed E-state index contributed by atoms with van der Waals surface area (Å²) in [6, 6.07) is 10.6.